The van der Waals surface area contributed by atoms with Crippen molar-refractivity contribution in [1.29, 1.82) is 0 Å². The van der Waals surface area contributed by atoms with Crippen LogP contribution in [-0.2, 0) is 13.1 Å². The van der Waals surface area contributed by atoms with Gasteiger partial charge in [0.1, 0.15) is 11.4 Å². The van der Waals surface area contributed by atoms with Crippen molar-refractivity contribution in [2.75, 3.05) is 12.4 Å². The van der Waals surface area contributed by atoms with Gasteiger partial charge in [-0.25, -0.2) is 0 Å². The number of H-pyrrole nitrogens is 1. The van der Waals surface area contributed by atoms with Crippen molar-refractivity contribution < 1.29 is 9.53 Å². The molecule has 0 saturated heterocycles. The van der Waals surface area contributed by atoms with Crippen molar-refractivity contribution in [3.8, 4) is 5.75 Å². The number of aryl methyl sites for hydroxylation is 1. The quantitative estimate of drug-likeness (QED) is 0.693. The van der Waals surface area contributed by atoms with E-state index in [4.69, 9.17) is 4.74 Å². The molecule has 1 aromatic heterocycles. The smallest absolute Gasteiger partial charge is 0.272 e. The van der Waals surface area contributed by atoms with E-state index in [2.05, 4.69) is 21.7 Å². The number of aromatic nitrogens is 1. The number of carbonyl (C=O) groups excluding carboxylic acids is 1. The molecule has 0 fully saturated rings. The topological polar surface area (TPSA) is 66.2 Å². The molecule has 5 nitrogen and oxygen atoms in total. The van der Waals surface area contributed by atoms with Gasteiger partial charge in [-0.15, -0.1) is 0 Å². The van der Waals surface area contributed by atoms with Crippen LogP contribution in [-0.4, -0.2) is 18.0 Å². The number of rotatable bonds is 3. The Kier molecular flexibility index (Phi) is 3.50. The summed E-state index contributed by atoms with van der Waals surface area (Å²) in [5.74, 6) is 0.644. The highest BCUT2D eigenvalue weighted by Crippen LogP contribution is 2.27. The van der Waals surface area contributed by atoms with Crippen LogP contribution < -0.4 is 15.4 Å². The summed E-state index contributed by atoms with van der Waals surface area (Å²) in [5.41, 5.74) is 5.80. The fourth-order valence-electron chi connectivity index (χ4n) is 3.26. The van der Waals surface area contributed by atoms with E-state index in [1.165, 1.54) is 11.1 Å². The highest BCUT2D eigenvalue weighted by atomic mass is 16.5. The summed E-state index contributed by atoms with van der Waals surface area (Å²) >= 11 is 0. The molecule has 1 aliphatic rings. The van der Waals surface area contributed by atoms with Crippen LogP contribution in [0.25, 0.3) is 10.9 Å². The van der Waals surface area contributed by atoms with E-state index >= 15 is 0 Å². The van der Waals surface area contributed by atoms with Gasteiger partial charge >= 0.3 is 0 Å². The van der Waals surface area contributed by atoms with Gasteiger partial charge < -0.3 is 20.4 Å². The molecule has 1 aliphatic heterocycles. The fraction of sp³-hybridized carbons (Fsp3) is 0.211. The molecule has 5 heteroatoms. The van der Waals surface area contributed by atoms with Crippen molar-refractivity contribution in [3.63, 3.8) is 0 Å². The lowest BCUT2D eigenvalue weighted by molar-refractivity contribution is 0.102. The van der Waals surface area contributed by atoms with Crippen molar-refractivity contribution in [2.45, 2.75) is 20.0 Å². The Labute approximate surface area is 140 Å². The number of methoxy groups -OCH3 is 1. The lowest BCUT2D eigenvalue weighted by Crippen LogP contribution is -2.14. The molecule has 0 spiro atoms. The van der Waals surface area contributed by atoms with Crippen molar-refractivity contribution in [1.82, 2.24) is 10.3 Å². The van der Waals surface area contributed by atoms with E-state index in [1.807, 2.05) is 37.3 Å². The molecule has 3 N–H and O–H groups in total. The molecule has 0 bridgehead atoms. The Bertz CT molecular complexity index is 943. The van der Waals surface area contributed by atoms with Gasteiger partial charge in [0.05, 0.1) is 7.11 Å². The first-order valence-corrected chi connectivity index (χ1v) is 7.96. The highest BCUT2D eigenvalue weighted by Gasteiger charge is 2.17. The van der Waals surface area contributed by atoms with E-state index in [0.717, 1.165) is 41.0 Å². The SMILES string of the molecule is COc1cc(C)c2cc(C(=O)Nc3cccc4c3CNC4)[nH]c2c1. The normalized spacial score (nSPS) is 13.1. The monoisotopic (exact) mass is 321 g/mol. The number of carbonyl (C=O) groups is 1. The number of nitrogens with one attached hydrogen (secondary N) is 3. The average Bonchev–Trinajstić information content (AvgIpc) is 3.21. The molecule has 0 radical (unpaired) electrons. The third-order valence-corrected chi connectivity index (χ3v) is 4.54. The van der Waals surface area contributed by atoms with Gasteiger partial charge in [0.2, 0.25) is 0 Å². The van der Waals surface area contributed by atoms with Crippen molar-refractivity contribution >= 4 is 22.5 Å². The molecule has 0 unspecified atom stereocenters. The molecule has 24 heavy (non-hydrogen) atoms. The molecule has 0 atom stereocenters. The van der Waals surface area contributed by atoms with E-state index in [-0.39, 0.29) is 5.91 Å². The number of aromatic amines is 1. The summed E-state index contributed by atoms with van der Waals surface area (Å²) in [4.78, 5) is 15.8. The number of ether oxygens (including phenoxy) is 1. The van der Waals surface area contributed by atoms with Crippen LogP contribution in [0.5, 0.6) is 5.75 Å². The maximum Gasteiger partial charge on any atom is 0.272 e. The fourth-order valence-corrected chi connectivity index (χ4v) is 3.26. The first-order chi connectivity index (χ1) is 11.7. The molecule has 122 valence electrons. The zero-order valence-corrected chi connectivity index (χ0v) is 13.7. The third kappa shape index (κ3) is 2.43. The second-order valence-electron chi connectivity index (χ2n) is 6.09. The number of amides is 1. The largest absolute Gasteiger partial charge is 0.497 e. The van der Waals surface area contributed by atoms with Gasteiger partial charge in [-0.2, -0.15) is 0 Å². The second-order valence-corrected chi connectivity index (χ2v) is 6.09. The Morgan fingerprint density at radius 1 is 1.21 bits per heavy atom. The minimum Gasteiger partial charge on any atom is -0.497 e. The Morgan fingerprint density at radius 3 is 2.92 bits per heavy atom. The van der Waals surface area contributed by atoms with E-state index < -0.39 is 0 Å². The van der Waals surface area contributed by atoms with Gasteiger partial charge in [-0.05, 0) is 41.8 Å². The lowest BCUT2D eigenvalue weighted by Gasteiger charge is -2.08. The first-order valence-electron chi connectivity index (χ1n) is 7.96. The average molecular weight is 321 g/mol. The number of benzene rings is 2. The zero-order chi connectivity index (χ0) is 16.7. The maximum atomic E-state index is 12.7. The van der Waals surface area contributed by atoms with Crippen molar-refractivity contribution in [2.24, 2.45) is 0 Å². The van der Waals surface area contributed by atoms with Gasteiger partial charge in [-0.3, -0.25) is 4.79 Å². The van der Waals surface area contributed by atoms with Crippen LogP contribution in [0, 0.1) is 6.92 Å². The predicted octanol–water partition coefficient (Wildman–Crippen LogP) is 3.34. The Balaban J connectivity index is 1.67. The summed E-state index contributed by atoms with van der Waals surface area (Å²) in [6.45, 7) is 3.65. The minimum absolute atomic E-state index is 0.134. The summed E-state index contributed by atoms with van der Waals surface area (Å²) in [7, 11) is 1.64. The van der Waals surface area contributed by atoms with Crippen LogP contribution in [0.3, 0.4) is 0 Å². The lowest BCUT2D eigenvalue weighted by atomic mass is 10.1. The first kappa shape index (κ1) is 14.8. The maximum absolute atomic E-state index is 12.7. The van der Waals surface area contributed by atoms with Gasteiger partial charge in [-0.1, -0.05) is 12.1 Å². The van der Waals surface area contributed by atoms with Crippen molar-refractivity contribution in [3.05, 3.63) is 58.8 Å². The molecule has 1 amide bonds. The van der Waals surface area contributed by atoms with Gasteiger partial charge in [0.25, 0.3) is 5.91 Å². The van der Waals surface area contributed by atoms with Crippen LogP contribution >= 0.6 is 0 Å². The van der Waals surface area contributed by atoms with E-state index in [9.17, 15) is 4.79 Å². The number of hydrogen-bond acceptors (Lipinski definition) is 3. The summed E-state index contributed by atoms with van der Waals surface area (Å²) in [6.07, 6.45) is 0. The molecule has 2 aromatic carbocycles. The van der Waals surface area contributed by atoms with E-state index in [0.29, 0.717) is 5.69 Å². The molecule has 0 aliphatic carbocycles. The van der Waals surface area contributed by atoms with Gasteiger partial charge in [0, 0.05) is 35.7 Å². The van der Waals surface area contributed by atoms with Crippen LogP contribution in [0.1, 0.15) is 27.2 Å². The van der Waals surface area contributed by atoms with Crippen LogP contribution in [0.2, 0.25) is 0 Å². The zero-order valence-electron chi connectivity index (χ0n) is 13.7. The molecule has 3 aromatic rings. The van der Waals surface area contributed by atoms with Crippen LogP contribution in [0.15, 0.2) is 36.4 Å². The summed E-state index contributed by atoms with van der Waals surface area (Å²) < 4.78 is 5.29. The molecule has 4 rings (SSSR count). The minimum atomic E-state index is -0.134. The molecule has 0 saturated carbocycles. The molecule has 2 heterocycles. The van der Waals surface area contributed by atoms with E-state index in [1.54, 1.807) is 7.11 Å². The summed E-state index contributed by atoms with van der Waals surface area (Å²) in [5, 5.41) is 7.36. The highest BCUT2D eigenvalue weighted by molar-refractivity contribution is 6.06. The van der Waals surface area contributed by atoms with Crippen LogP contribution in [0.4, 0.5) is 5.69 Å². The predicted molar refractivity (Wildman–Crippen MR) is 94.5 cm³/mol. The van der Waals surface area contributed by atoms with Gasteiger partial charge in [0.15, 0.2) is 0 Å². The Morgan fingerprint density at radius 2 is 2.08 bits per heavy atom. The number of anilines is 1. The molecular weight excluding hydrogens is 302 g/mol. The molecular formula is C19H19N3O2. The third-order valence-electron chi connectivity index (χ3n) is 4.54. The summed E-state index contributed by atoms with van der Waals surface area (Å²) in [6, 6.07) is 11.8. The standard InChI is InChI=1S/C19H19N3O2/c1-11-6-13(24-2)7-17-14(11)8-18(21-17)19(23)22-16-5-3-4-12-9-20-10-15(12)16/h3-8,20-21H,9-10H2,1-2H3,(H,22,23). The Hall–Kier alpha value is -2.79. The second kappa shape index (κ2) is 5.69. The number of fused-ring (bicyclic) bond motifs is 2. The number of hydrogen-bond donors (Lipinski definition) is 3.